The van der Waals surface area contributed by atoms with Crippen molar-refractivity contribution in [2.24, 2.45) is 0 Å². The van der Waals surface area contributed by atoms with Crippen molar-refractivity contribution in [2.45, 2.75) is 29.1 Å². The minimum atomic E-state index is 0.0344. The average Bonchev–Trinajstić information content (AvgIpc) is 3.11. The van der Waals surface area contributed by atoms with E-state index in [4.69, 9.17) is 23.2 Å². The zero-order valence-corrected chi connectivity index (χ0v) is 16.1. The van der Waals surface area contributed by atoms with Gasteiger partial charge in [0.25, 0.3) is 0 Å². The lowest BCUT2D eigenvalue weighted by molar-refractivity contribution is -0.116. The highest BCUT2D eigenvalue weighted by molar-refractivity contribution is 7.99. The zero-order valence-electron chi connectivity index (χ0n) is 13.8. The summed E-state index contributed by atoms with van der Waals surface area (Å²) in [4.78, 5) is 16.6. The third-order valence-corrected chi connectivity index (χ3v) is 5.67. The molecule has 3 nitrogen and oxygen atoms in total. The molecule has 0 bridgehead atoms. The monoisotopic (exact) mass is 394 g/mol. The normalized spacial score (nSPS) is 14.6. The summed E-state index contributed by atoms with van der Waals surface area (Å²) >= 11 is 13.6. The largest absolute Gasteiger partial charge is 0.325 e. The fraction of sp³-hybridized carbons (Fsp3) is 0.316. The van der Waals surface area contributed by atoms with Gasteiger partial charge in [0.1, 0.15) is 0 Å². The number of amides is 1. The van der Waals surface area contributed by atoms with Crippen molar-refractivity contribution in [3.05, 3.63) is 52.5 Å². The van der Waals surface area contributed by atoms with Crippen LogP contribution < -0.4 is 5.32 Å². The summed E-state index contributed by atoms with van der Waals surface area (Å²) in [6, 6.07) is 13.1. The maximum atomic E-state index is 12.3. The number of benzene rings is 2. The third kappa shape index (κ3) is 5.65. The molecule has 1 aliphatic rings. The molecular weight excluding hydrogens is 375 g/mol. The van der Waals surface area contributed by atoms with E-state index in [2.05, 4.69) is 10.2 Å². The van der Waals surface area contributed by atoms with Gasteiger partial charge in [-0.25, -0.2) is 0 Å². The molecule has 1 saturated heterocycles. The summed E-state index contributed by atoms with van der Waals surface area (Å²) in [5.74, 6) is 0.0344. The summed E-state index contributed by atoms with van der Waals surface area (Å²) in [6.45, 7) is 3.02. The first kappa shape index (κ1) is 18.6. The Morgan fingerprint density at radius 3 is 2.44 bits per heavy atom. The molecule has 1 heterocycles. The topological polar surface area (TPSA) is 32.3 Å². The van der Waals surface area contributed by atoms with Crippen LogP contribution >= 0.6 is 35.0 Å². The molecule has 132 valence electrons. The predicted molar refractivity (Wildman–Crippen MR) is 106 cm³/mol. The molecule has 6 heteroatoms. The second-order valence-corrected chi connectivity index (χ2v) is 8.03. The van der Waals surface area contributed by atoms with Gasteiger partial charge in [0.05, 0.1) is 5.69 Å². The maximum absolute atomic E-state index is 12.3. The van der Waals surface area contributed by atoms with Crippen LogP contribution in [0.5, 0.6) is 0 Å². The molecule has 1 aliphatic heterocycles. The molecule has 1 amide bonds. The van der Waals surface area contributed by atoms with E-state index in [0.717, 1.165) is 35.1 Å². The lowest BCUT2D eigenvalue weighted by atomic mass is 10.3. The van der Waals surface area contributed by atoms with Gasteiger partial charge < -0.3 is 10.2 Å². The first-order valence-corrected chi connectivity index (χ1v) is 9.92. The van der Waals surface area contributed by atoms with Gasteiger partial charge in [-0.2, -0.15) is 0 Å². The van der Waals surface area contributed by atoms with Crippen LogP contribution in [0.1, 0.15) is 19.3 Å². The van der Waals surface area contributed by atoms with E-state index < -0.39 is 0 Å². The predicted octanol–water partition coefficient (Wildman–Crippen LogP) is 5.57. The number of nitrogens with one attached hydrogen (secondary N) is 1. The molecule has 0 unspecified atom stereocenters. The van der Waals surface area contributed by atoms with Crippen LogP contribution in [-0.4, -0.2) is 30.4 Å². The van der Waals surface area contributed by atoms with Crippen LogP contribution in [0.15, 0.2) is 52.3 Å². The first-order chi connectivity index (χ1) is 12.1. The average molecular weight is 395 g/mol. The van der Waals surface area contributed by atoms with Crippen molar-refractivity contribution >= 4 is 46.6 Å². The third-order valence-electron chi connectivity index (χ3n) is 4.11. The molecule has 0 radical (unpaired) electrons. The molecule has 1 N–H and O–H groups in total. The Hall–Kier alpha value is -1.20. The molecule has 0 atom stereocenters. The molecule has 2 aromatic rings. The van der Waals surface area contributed by atoms with Gasteiger partial charge >= 0.3 is 0 Å². The number of carbonyl (C=O) groups excluding carboxylic acids is 1. The van der Waals surface area contributed by atoms with Gasteiger partial charge in [-0.05, 0) is 68.4 Å². The van der Waals surface area contributed by atoms with Crippen LogP contribution in [-0.2, 0) is 4.79 Å². The number of nitrogens with zero attached hydrogens (tertiary/aromatic N) is 1. The SMILES string of the molecule is O=C(CCN1CCCC1)Nc1ccc(Cl)cc1Sc1ccc(Cl)cc1. The molecule has 0 aliphatic carbocycles. The van der Waals surface area contributed by atoms with Crippen molar-refractivity contribution < 1.29 is 4.79 Å². The van der Waals surface area contributed by atoms with E-state index in [0.29, 0.717) is 16.5 Å². The molecule has 2 aromatic carbocycles. The second kappa shape index (κ2) is 8.95. The van der Waals surface area contributed by atoms with E-state index in [-0.39, 0.29) is 5.91 Å². The zero-order chi connectivity index (χ0) is 17.6. The molecule has 0 spiro atoms. The number of halogens is 2. The highest BCUT2D eigenvalue weighted by atomic mass is 35.5. The van der Waals surface area contributed by atoms with Crippen molar-refractivity contribution in [3.8, 4) is 0 Å². The van der Waals surface area contributed by atoms with E-state index in [1.54, 1.807) is 17.8 Å². The van der Waals surface area contributed by atoms with Gasteiger partial charge in [0.2, 0.25) is 5.91 Å². The van der Waals surface area contributed by atoms with Crippen LogP contribution in [0.25, 0.3) is 0 Å². The minimum absolute atomic E-state index is 0.0344. The Balaban J connectivity index is 1.65. The van der Waals surface area contributed by atoms with Gasteiger partial charge in [-0.15, -0.1) is 0 Å². The van der Waals surface area contributed by atoms with E-state index in [1.165, 1.54) is 12.8 Å². The van der Waals surface area contributed by atoms with Gasteiger partial charge in [-0.3, -0.25) is 4.79 Å². The van der Waals surface area contributed by atoms with Crippen LogP contribution in [0.4, 0.5) is 5.69 Å². The fourth-order valence-corrected chi connectivity index (χ4v) is 4.10. The van der Waals surface area contributed by atoms with Gasteiger partial charge in [0.15, 0.2) is 0 Å². The summed E-state index contributed by atoms with van der Waals surface area (Å²) in [5, 5.41) is 4.37. The Bertz CT molecular complexity index is 731. The van der Waals surface area contributed by atoms with Crippen molar-refractivity contribution in [1.82, 2.24) is 4.90 Å². The van der Waals surface area contributed by atoms with Crippen molar-refractivity contribution in [2.75, 3.05) is 25.0 Å². The Morgan fingerprint density at radius 2 is 1.72 bits per heavy atom. The van der Waals surface area contributed by atoms with E-state index in [1.807, 2.05) is 36.4 Å². The Morgan fingerprint density at radius 1 is 1.04 bits per heavy atom. The Labute approximate surface area is 162 Å². The molecule has 1 fully saturated rings. The lowest BCUT2D eigenvalue weighted by Gasteiger charge is -2.15. The van der Waals surface area contributed by atoms with E-state index >= 15 is 0 Å². The number of carbonyl (C=O) groups is 1. The number of hydrogen-bond donors (Lipinski definition) is 1. The second-order valence-electron chi connectivity index (χ2n) is 6.04. The molecule has 0 aromatic heterocycles. The number of likely N-dealkylation sites (tertiary alicyclic amines) is 1. The number of hydrogen-bond acceptors (Lipinski definition) is 3. The Kier molecular flexibility index (Phi) is 6.65. The van der Waals surface area contributed by atoms with Gasteiger partial charge in [-0.1, -0.05) is 35.0 Å². The molecule has 0 saturated carbocycles. The standard InChI is InChI=1S/C19H20Cl2N2OS/c20-14-3-6-16(7-4-14)25-18-13-15(21)5-8-17(18)22-19(24)9-12-23-10-1-2-11-23/h3-8,13H,1-2,9-12H2,(H,22,24). The summed E-state index contributed by atoms with van der Waals surface area (Å²) < 4.78 is 0. The lowest BCUT2D eigenvalue weighted by Crippen LogP contribution is -2.25. The number of anilines is 1. The van der Waals surface area contributed by atoms with Crippen molar-refractivity contribution in [3.63, 3.8) is 0 Å². The highest BCUT2D eigenvalue weighted by Gasteiger charge is 2.14. The van der Waals surface area contributed by atoms with Crippen LogP contribution in [0.2, 0.25) is 10.0 Å². The fourth-order valence-electron chi connectivity index (χ4n) is 2.79. The quantitative estimate of drug-likeness (QED) is 0.694. The summed E-state index contributed by atoms with van der Waals surface area (Å²) in [6.07, 6.45) is 2.98. The number of rotatable bonds is 6. The summed E-state index contributed by atoms with van der Waals surface area (Å²) in [5.41, 5.74) is 0.788. The highest BCUT2D eigenvalue weighted by Crippen LogP contribution is 2.36. The summed E-state index contributed by atoms with van der Waals surface area (Å²) in [7, 11) is 0. The van der Waals surface area contributed by atoms with Gasteiger partial charge in [0, 0.05) is 32.8 Å². The smallest absolute Gasteiger partial charge is 0.225 e. The molecule has 25 heavy (non-hydrogen) atoms. The maximum Gasteiger partial charge on any atom is 0.225 e. The van der Waals surface area contributed by atoms with Crippen molar-refractivity contribution in [1.29, 1.82) is 0 Å². The first-order valence-electron chi connectivity index (χ1n) is 8.35. The van der Waals surface area contributed by atoms with E-state index in [9.17, 15) is 4.79 Å². The molecule has 3 rings (SSSR count). The van der Waals surface area contributed by atoms with Crippen LogP contribution in [0.3, 0.4) is 0 Å². The molecular formula is C19H20Cl2N2OS. The minimum Gasteiger partial charge on any atom is -0.325 e. The van der Waals surface area contributed by atoms with Crippen LogP contribution in [0, 0.1) is 0 Å².